The zero-order valence-electron chi connectivity index (χ0n) is 18.0. The Hall–Kier alpha value is -2.44. The summed E-state index contributed by atoms with van der Waals surface area (Å²) in [4.78, 5) is 3.23. The first-order valence-electron chi connectivity index (χ1n) is 10.3. The zero-order valence-corrected chi connectivity index (χ0v) is 18.0. The van der Waals surface area contributed by atoms with Gasteiger partial charge in [-0.15, -0.1) is 0 Å². The van der Waals surface area contributed by atoms with Gasteiger partial charge < -0.3 is 28.7 Å². The van der Waals surface area contributed by atoms with Crippen molar-refractivity contribution in [2.45, 2.75) is 20.0 Å². The molecule has 0 aliphatic carbocycles. The molecule has 0 radical (unpaired) electrons. The molecule has 1 heterocycles. The summed E-state index contributed by atoms with van der Waals surface area (Å²) in [5, 5.41) is 0. The van der Waals surface area contributed by atoms with Crippen LogP contribution in [0.2, 0.25) is 0 Å². The second-order valence-electron chi connectivity index (χ2n) is 7.46. The maximum atomic E-state index is 5.53. The van der Waals surface area contributed by atoms with Crippen molar-refractivity contribution in [1.82, 2.24) is 0 Å². The van der Waals surface area contributed by atoms with Gasteiger partial charge in [0, 0.05) is 11.1 Å². The van der Waals surface area contributed by atoms with Gasteiger partial charge in [0.15, 0.2) is 11.5 Å². The molecule has 1 fully saturated rings. The maximum absolute atomic E-state index is 5.53. The van der Waals surface area contributed by atoms with Crippen LogP contribution in [0.15, 0.2) is 36.4 Å². The molecular formula is C23H34N2O4+2. The molecular weight excluding hydrogens is 368 g/mol. The molecule has 3 rings (SSSR count). The second-order valence-corrected chi connectivity index (χ2v) is 7.46. The molecule has 0 amide bonds. The van der Waals surface area contributed by atoms with E-state index in [0.29, 0.717) is 12.4 Å². The summed E-state index contributed by atoms with van der Waals surface area (Å²) < 4.78 is 21.9. The third-order valence-electron chi connectivity index (χ3n) is 5.53. The maximum Gasteiger partial charge on any atom is 0.203 e. The fourth-order valence-electron chi connectivity index (χ4n) is 4.00. The van der Waals surface area contributed by atoms with Gasteiger partial charge in [0.2, 0.25) is 5.75 Å². The molecule has 29 heavy (non-hydrogen) atoms. The second kappa shape index (κ2) is 10.4. The Balaban J connectivity index is 1.54. The van der Waals surface area contributed by atoms with Gasteiger partial charge in [-0.25, -0.2) is 0 Å². The number of hydrogen-bond donors (Lipinski definition) is 2. The predicted molar refractivity (Wildman–Crippen MR) is 113 cm³/mol. The molecule has 0 atom stereocenters. The van der Waals surface area contributed by atoms with Gasteiger partial charge in [-0.1, -0.05) is 0 Å². The highest BCUT2D eigenvalue weighted by atomic mass is 16.5. The van der Waals surface area contributed by atoms with E-state index in [1.165, 1.54) is 24.2 Å². The van der Waals surface area contributed by atoms with Crippen LogP contribution >= 0.6 is 0 Å². The van der Waals surface area contributed by atoms with Crippen LogP contribution in [0.4, 0.5) is 0 Å². The molecule has 0 saturated carbocycles. The molecule has 6 heteroatoms. The average molecular weight is 403 g/mol. The van der Waals surface area contributed by atoms with E-state index in [1.54, 1.807) is 31.1 Å². The minimum Gasteiger partial charge on any atom is -0.494 e. The Kier molecular flexibility index (Phi) is 7.61. The van der Waals surface area contributed by atoms with Gasteiger partial charge in [0.25, 0.3) is 0 Å². The summed E-state index contributed by atoms with van der Waals surface area (Å²) >= 11 is 0. The lowest BCUT2D eigenvalue weighted by Gasteiger charge is -2.30. The molecule has 0 aromatic heterocycles. The third kappa shape index (κ3) is 5.55. The van der Waals surface area contributed by atoms with E-state index in [-0.39, 0.29) is 0 Å². The van der Waals surface area contributed by atoms with Crippen molar-refractivity contribution in [2.24, 2.45) is 0 Å². The molecule has 6 nitrogen and oxygen atoms in total. The molecule has 0 unspecified atom stereocenters. The number of rotatable bonds is 9. The van der Waals surface area contributed by atoms with Crippen LogP contribution in [0.1, 0.15) is 18.1 Å². The van der Waals surface area contributed by atoms with Crippen LogP contribution in [0.3, 0.4) is 0 Å². The number of piperazine rings is 1. The minimum absolute atomic E-state index is 0.651. The summed E-state index contributed by atoms with van der Waals surface area (Å²) in [6.07, 6.45) is 0. The fourth-order valence-corrected chi connectivity index (χ4v) is 4.00. The van der Waals surface area contributed by atoms with Crippen molar-refractivity contribution < 1.29 is 28.7 Å². The van der Waals surface area contributed by atoms with Crippen LogP contribution in [0, 0.1) is 0 Å². The van der Waals surface area contributed by atoms with Crippen molar-refractivity contribution in [3.63, 3.8) is 0 Å². The lowest BCUT2D eigenvalue weighted by Crippen LogP contribution is -3.27. The Morgan fingerprint density at radius 1 is 0.724 bits per heavy atom. The lowest BCUT2D eigenvalue weighted by molar-refractivity contribution is -1.02. The number of nitrogens with one attached hydrogen (secondary N) is 2. The first-order chi connectivity index (χ1) is 14.2. The van der Waals surface area contributed by atoms with Gasteiger partial charge in [0.1, 0.15) is 45.0 Å². The molecule has 1 aliphatic heterocycles. The third-order valence-corrected chi connectivity index (χ3v) is 5.53. The summed E-state index contributed by atoms with van der Waals surface area (Å²) in [7, 11) is 4.96. The van der Waals surface area contributed by atoms with Crippen LogP contribution < -0.4 is 28.7 Å². The number of methoxy groups -OCH3 is 3. The Morgan fingerprint density at radius 3 is 1.69 bits per heavy atom. The highest BCUT2D eigenvalue weighted by molar-refractivity contribution is 5.53. The van der Waals surface area contributed by atoms with Gasteiger partial charge in [-0.3, -0.25) is 0 Å². The lowest BCUT2D eigenvalue weighted by atomic mass is 10.1. The molecule has 0 spiro atoms. The highest BCUT2D eigenvalue weighted by Gasteiger charge is 2.24. The standard InChI is InChI=1S/C23H32N2O4/c1-5-29-20-8-6-18(7-9-20)16-24-10-12-25(13-11-24)17-19-14-21(26-2)23(28-4)22(15-19)27-3/h6-9,14-15H,5,10-13,16-17H2,1-4H3/p+2. The number of quaternary nitrogens is 2. The summed E-state index contributed by atoms with van der Waals surface area (Å²) in [6, 6.07) is 12.6. The van der Waals surface area contributed by atoms with Crippen molar-refractivity contribution in [3.8, 4) is 23.0 Å². The predicted octanol–water partition coefficient (Wildman–Crippen LogP) is 0.595. The average Bonchev–Trinajstić information content (AvgIpc) is 2.76. The monoisotopic (exact) mass is 402 g/mol. The molecule has 158 valence electrons. The SMILES string of the molecule is CCOc1ccc(C[NH+]2CC[NH+](Cc3cc(OC)c(OC)c(OC)c3)CC2)cc1. The smallest absolute Gasteiger partial charge is 0.203 e. The van der Waals surface area contributed by atoms with Gasteiger partial charge in [-0.2, -0.15) is 0 Å². The van der Waals surface area contributed by atoms with Crippen molar-refractivity contribution in [2.75, 3.05) is 54.1 Å². The summed E-state index contributed by atoms with van der Waals surface area (Å²) in [6.45, 7) is 9.42. The Bertz CT molecular complexity index is 746. The van der Waals surface area contributed by atoms with Crippen LogP contribution in [-0.4, -0.2) is 54.1 Å². The number of hydrogen-bond acceptors (Lipinski definition) is 4. The molecule has 1 saturated heterocycles. The van der Waals surface area contributed by atoms with Gasteiger partial charge in [0.05, 0.1) is 27.9 Å². The molecule has 2 aromatic carbocycles. The zero-order chi connectivity index (χ0) is 20.6. The normalized spacial score (nSPS) is 18.9. The number of benzene rings is 2. The van der Waals surface area contributed by atoms with Crippen molar-refractivity contribution >= 4 is 0 Å². The van der Waals surface area contributed by atoms with Gasteiger partial charge in [-0.05, 0) is 43.3 Å². The van der Waals surface area contributed by atoms with E-state index in [2.05, 4.69) is 36.4 Å². The van der Waals surface area contributed by atoms with Crippen LogP contribution in [0.5, 0.6) is 23.0 Å². The Labute approximate surface area is 173 Å². The minimum atomic E-state index is 0.651. The van der Waals surface area contributed by atoms with Crippen molar-refractivity contribution in [1.29, 1.82) is 0 Å². The van der Waals surface area contributed by atoms with E-state index < -0.39 is 0 Å². The first kappa shape index (κ1) is 21.3. The topological polar surface area (TPSA) is 45.8 Å². The van der Waals surface area contributed by atoms with Gasteiger partial charge >= 0.3 is 0 Å². The number of ether oxygens (including phenoxy) is 4. The molecule has 0 bridgehead atoms. The van der Waals surface area contributed by atoms with E-state index in [0.717, 1.165) is 43.4 Å². The largest absolute Gasteiger partial charge is 0.494 e. The van der Waals surface area contributed by atoms with Crippen LogP contribution in [0.25, 0.3) is 0 Å². The van der Waals surface area contributed by atoms with E-state index in [4.69, 9.17) is 18.9 Å². The molecule has 2 N–H and O–H groups in total. The van der Waals surface area contributed by atoms with E-state index in [9.17, 15) is 0 Å². The van der Waals surface area contributed by atoms with E-state index >= 15 is 0 Å². The fraction of sp³-hybridized carbons (Fsp3) is 0.478. The molecule has 2 aromatic rings. The Morgan fingerprint density at radius 2 is 1.24 bits per heavy atom. The summed E-state index contributed by atoms with van der Waals surface area (Å²) in [5.41, 5.74) is 2.58. The molecule has 1 aliphatic rings. The highest BCUT2D eigenvalue weighted by Crippen LogP contribution is 2.37. The van der Waals surface area contributed by atoms with Crippen molar-refractivity contribution in [3.05, 3.63) is 47.5 Å². The quantitative estimate of drug-likeness (QED) is 0.645. The summed E-state index contributed by atoms with van der Waals surface area (Å²) in [5.74, 6) is 3.05. The van der Waals surface area contributed by atoms with Crippen LogP contribution in [-0.2, 0) is 13.1 Å². The van der Waals surface area contributed by atoms with E-state index in [1.807, 2.05) is 6.92 Å². The first-order valence-corrected chi connectivity index (χ1v) is 10.3.